The van der Waals surface area contributed by atoms with Crippen LogP contribution in [0, 0.1) is 34.9 Å². The van der Waals surface area contributed by atoms with Gasteiger partial charge in [0.25, 0.3) is 5.91 Å². The van der Waals surface area contributed by atoms with Crippen LogP contribution < -0.4 is 25.0 Å². The summed E-state index contributed by atoms with van der Waals surface area (Å²) in [5.74, 6) is -0.924. The van der Waals surface area contributed by atoms with Crippen molar-refractivity contribution in [3.8, 4) is 16.9 Å². The van der Waals surface area contributed by atoms with E-state index in [1.807, 2.05) is 50.1 Å². The molecule has 62 heavy (non-hydrogen) atoms. The number of benzene rings is 3. The fourth-order valence-electron chi connectivity index (χ4n) is 10.2. The van der Waals surface area contributed by atoms with Crippen molar-refractivity contribution in [3.05, 3.63) is 83.2 Å². The van der Waals surface area contributed by atoms with Crippen molar-refractivity contribution in [3.63, 3.8) is 0 Å². The number of hydrogen-bond donors (Lipinski definition) is 5. The summed E-state index contributed by atoms with van der Waals surface area (Å²) in [6.45, 7) is 7.87. The molecule has 0 spiro atoms. The molecule has 0 aromatic heterocycles. The quantitative estimate of drug-likeness (QED) is 0.132. The largest absolute Gasteiger partial charge is 0.496 e. The Balaban J connectivity index is 1.34. The van der Waals surface area contributed by atoms with Gasteiger partial charge in [-0.05, 0) is 98.5 Å². The number of fused-ring (bicyclic) bond motifs is 2. The van der Waals surface area contributed by atoms with Gasteiger partial charge in [-0.3, -0.25) is 14.4 Å². The van der Waals surface area contributed by atoms with Gasteiger partial charge in [-0.15, -0.1) is 0 Å². The first-order chi connectivity index (χ1) is 29.1. The predicted molar refractivity (Wildman–Crippen MR) is 237 cm³/mol. The second-order valence-electron chi connectivity index (χ2n) is 18.6. The van der Waals surface area contributed by atoms with Crippen molar-refractivity contribution in [2.75, 3.05) is 59.6 Å². The molecule has 2 amide bonds. The summed E-state index contributed by atoms with van der Waals surface area (Å²) in [5, 5.41) is 29.1. The topological polar surface area (TPSA) is 173 Å². The summed E-state index contributed by atoms with van der Waals surface area (Å²) < 4.78 is 50.1. The molecular weight excluding hydrogens is 816 g/mol. The molecule has 5 N–H and O–H groups in total. The summed E-state index contributed by atoms with van der Waals surface area (Å²) in [6, 6.07) is 14.5. The van der Waals surface area contributed by atoms with E-state index in [1.165, 1.54) is 18.2 Å². The second kappa shape index (κ2) is 18.9. The molecule has 10 atom stereocenters. The van der Waals surface area contributed by atoms with Gasteiger partial charge in [0.2, 0.25) is 15.9 Å². The number of anilines is 1. The Hall–Kier alpha value is -4.16. The Bertz CT molecular complexity index is 2190. The molecule has 16 heteroatoms. The molecule has 3 saturated carbocycles. The van der Waals surface area contributed by atoms with Crippen LogP contribution >= 0.6 is 0 Å². The maximum atomic E-state index is 16.2. The number of rotatable bonds is 17. The number of likely N-dealkylation sites (N-methyl/N-ethyl adjacent to an activating group) is 1. The number of halogens is 1. The van der Waals surface area contributed by atoms with Crippen molar-refractivity contribution in [1.29, 1.82) is 0 Å². The fraction of sp³-hybridized carbons (Fsp3) is 0.565. The number of nitrogens with zero attached hydrogens (tertiary/aromatic N) is 3. The van der Waals surface area contributed by atoms with Crippen LogP contribution in [0.4, 0.5) is 10.1 Å². The zero-order valence-electron chi connectivity index (χ0n) is 37.6. The Morgan fingerprint density at radius 2 is 1.76 bits per heavy atom. The Labute approximate surface area is 366 Å². The van der Waals surface area contributed by atoms with Crippen LogP contribution in [0.25, 0.3) is 11.1 Å². The van der Waals surface area contributed by atoms with E-state index >= 15 is 4.39 Å². The number of hydroxylamine groups is 2. The average molecular weight is 881 g/mol. The smallest absolute Gasteiger partial charge is 0.251 e. The first kappa shape index (κ1) is 47.3. The lowest BCUT2D eigenvalue weighted by Gasteiger charge is -2.62. The lowest BCUT2D eigenvalue weighted by atomic mass is 9.45. The maximum Gasteiger partial charge on any atom is 0.251 e. The number of sulfonamides is 1. The summed E-state index contributed by atoms with van der Waals surface area (Å²) in [5.41, 5.74) is 2.85. The second-order valence-corrected chi connectivity index (χ2v) is 20.4. The zero-order valence-corrected chi connectivity index (χ0v) is 38.4. The standard InChI is InChI=1S/C46H65FN6O8S/c1-26-35-21-31(46(35,3)4)22-37(26)48-45(57)42-40(27(2)55)39(25-54)61-53(42)23-34-36(47)17-16-33(43(34)60-9)29-18-30(20-32(19-29)52(7)8)44(56)49-38(24-51(5)6)41(50-62(10,58)59)28-14-12-11-13-15-28/h11-20,26-27,31,35,37-42,50,54-55H,21-25H2,1-10H3,(H,48,57)(H,49,56)/t26-,27-,31+,35-,37-,38+,39-,40+,41-,42-/m0/s1. The zero-order chi connectivity index (χ0) is 45.4. The minimum absolute atomic E-state index is 0.0737. The van der Waals surface area contributed by atoms with Gasteiger partial charge in [-0.1, -0.05) is 51.1 Å². The van der Waals surface area contributed by atoms with Crippen LogP contribution in [-0.2, 0) is 26.2 Å². The number of aliphatic hydroxyl groups excluding tert-OH is 2. The molecule has 1 heterocycles. The maximum absolute atomic E-state index is 16.2. The highest BCUT2D eigenvalue weighted by Gasteiger charge is 2.57. The number of amides is 2. The van der Waals surface area contributed by atoms with E-state index in [1.54, 1.807) is 49.4 Å². The van der Waals surface area contributed by atoms with Crippen molar-refractivity contribution in [2.45, 2.75) is 83.5 Å². The van der Waals surface area contributed by atoms with Crippen molar-refractivity contribution < 1.29 is 42.2 Å². The van der Waals surface area contributed by atoms with Crippen LogP contribution in [-0.4, -0.2) is 125 Å². The van der Waals surface area contributed by atoms with Gasteiger partial charge >= 0.3 is 0 Å². The van der Waals surface area contributed by atoms with Gasteiger partial charge < -0.3 is 35.4 Å². The summed E-state index contributed by atoms with van der Waals surface area (Å²) >= 11 is 0. The van der Waals surface area contributed by atoms with E-state index in [0.29, 0.717) is 40.8 Å². The molecule has 2 bridgehead atoms. The number of hydrogen-bond acceptors (Lipinski definition) is 11. The van der Waals surface area contributed by atoms with Crippen molar-refractivity contribution in [1.82, 2.24) is 25.3 Å². The lowest BCUT2D eigenvalue weighted by Crippen LogP contribution is -2.62. The highest BCUT2D eigenvalue weighted by molar-refractivity contribution is 7.88. The van der Waals surface area contributed by atoms with E-state index in [2.05, 4.69) is 36.1 Å². The van der Waals surface area contributed by atoms with E-state index in [-0.39, 0.29) is 46.7 Å². The monoisotopic (exact) mass is 880 g/mol. The van der Waals surface area contributed by atoms with Crippen molar-refractivity contribution >= 4 is 27.5 Å². The number of ether oxygens (including phenoxy) is 1. The van der Waals surface area contributed by atoms with E-state index in [9.17, 15) is 28.2 Å². The number of aliphatic hydroxyl groups is 2. The van der Waals surface area contributed by atoms with Crippen LogP contribution in [0.15, 0.2) is 60.7 Å². The van der Waals surface area contributed by atoms with E-state index < -0.39 is 64.6 Å². The normalized spacial score (nSPS) is 26.0. The molecule has 3 aromatic carbocycles. The molecule has 3 aromatic rings. The predicted octanol–water partition coefficient (Wildman–Crippen LogP) is 4.18. The molecule has 4 aliphatic rings. The molecule has 1 aliphatic heterocycles. The lowest BCUT2D eigenvalue weighted by molar-refractivity contribution is -0.183. The van der Waals surface area contributed by atoms with Crippen LogP contribution in [0.1, 0.15) is 68.1 Å². The third-order valence-electron chi connectivity index (χ3n) is 13.6. The van der Waals surface area contributed by atoms with E-state index in [0.717, 1.165) is 19.1 Å². The van der Waals surface area contributed by atoms with Gasteiger partial charge in [0, 0.05) is 55.0 Å². The molecular formula is C46H65FN6O8S. The minimum Gasteiger partial charge on any atom is -0.496 e. The van der Waals surface area contributed by atoms with Gasteiger partial charge in [-0.25, -0.2) is 17.5 Å². The van der Waals surface area contributed by atoms with Crippen LogP contribution in [0.5, 0.6) is 5.75 Å². The number of nitrogens with one attached hydrogen (secondary N) is 3. The molecule has 1 saturated heterocycles. The van der Waals surface area contributed by atoms with Gasteiger partial charge in [-0.2, -0.15) is 5.06 Å². The number of methoxy groups -OCH3 is 1. The van der Waals surface area contributed by atoms with Gasteiger partial charge in [0.05, 0.1) is 44.7 Å². The molecule has 340 valence electrons. The van der Waals surface area contributed by atoms with Gasteiger partial charge in [0.15, 0.2) is 0 Å². The van der Waals surface area contributed by atoms with E-state index in [4.69, 9.17) is 9.57 Å². The summed E-state index contributed by atoms with van der Waals surface area (Å²) in [4.78, 5) is 38.6. The average Bonchev–Trinajstić information content (AvgIpc) is 3.59. The summed E-state index contributed by atoms with van der Waals surface area (Å²) in [7, 11) is 5.04. The molecule has 3 aliphatic carbocycles. The molecule has 0 radical (unpaired) electrons. The molecule has 4 fully saturated rings. The highest BCUT2D eigenvalue weighted by Crippen LogP contribution is 2.61. The number of carbonyl (C=O) groups is 2. The minimum atomic E-state index is -3.70. The van der Waals surface area contributed by atoms with Gasteiger partial charge in [0.1, 0.15) is 23.7 Å². The third kappa shape index (κ3) is 9.96. The molecule has 0 unspecified atom stereocenters. The third-order valence-corrected chi connectivity index (χ3v) is 14.3. The highest BCUT2D eigenvalue weighted by atomic mass is 32.2. The first-order valence-corrected chi connectivity index (χ1v) is 23.2. The Kier molecular flexibility index (Phi) is 14.4. The Morgan fingerprint density at radius 1 is 1.06 bits per heavy atom. The fourth-order valence-corrected chi connectivity index (χ4v) is 10.9. The molecule has 7 rings (SSSR count). The summed E-state index contributed by atoms with van der Waals surface area (Å²) in [6.07, 6.45) is 1.08. The first-order valence-electron chi connectivity index (χ1n) is 21.3. The van der Waals surface area contributed by atoms with Crippen LogP contribution in [0.2, 0.25) is 0 Å². The number of carbonyl (C=O) groups excluding carboxylic acids is 2. The van der Waals surface area contributed by atoms with Crippen LogP contribution in [0.3, 0.4) is 0 Å². The molecule has 14 nitrogen and oxygen atoms in total. The Morgan fingerprint density at radius 3 is 2.32 bits per heavy atom. The SMILES string of the molecule is COc1c(-c2cc(C(=O)N[C@H](CN(C)C)[C@@H](NS(C)(=O)=O)c3ccccc3)cc(N(C)C)c2)ccc(F)c1CN1O[C@@H](CO)[C@@H]([C@H](C)O)[C@H]1C(=O)N[C@H]1C[C@H]2C[C@@H]([C@@H]1C)C2(C)C. The van der Waals surface area contributed by atoms with Crippen molar-refractivity contribution in [2.24, 2.45) is 29.1 Å².